The molecule has 0 aliphatic rings. The number of pyridine rings is 1. The van der Waals surface area contributed by atoms with Crippen LogP contribution in [0, 0.1) is 6.92 Å². The quantitative estimate of drug-likeness (QED) is 0.570. The lowest BCUT2D eigenvalue weighted by atomic mass is 10.2. The van der Waals surface area contributed by atoms with Gasteiger partial charge in [0.05, 0.1) is 24.8 Å². The number of hydrogen-bond donors (Lipinski definition) is 0. The third-order valence-electron chi connectivity index (χ3n) is 3.79. The first-order valence-corrected chi connectivity index (χ1v) is 7.99. The lowest BCUT2D eigenvalue weighted by Gasteiger charge is -2.17. The summed E-state index contributed by atoms with van der Waals surface area (Å²) in [5.74, 6) is 1.39. The van der Waals surface area contributed by atoms with Crippen LogP contribution in [0.3, 0.4) is 0 Å². The van der Waals surface area contributed by atoms with Crippen LogP contribution in [0.1, 0.15) is 25.1 Å². The third-order valence-corrected chi connectivity index (χ3v) is 3.79. The Hall–Kier alpha value is -2.56. The molecule has 5 heteroatoms. The van der Waals surface area contributed by atoms with Crippen LogP contribution in [0.15, 0.2) is 41.4 Å². The van der Waals surface area contributed by atoms with Gasteiger partial charge in [-0.2, -0.15) is 0 Å². The molecule has 0 aliphatic carbocycles. The van der Waals surface area contributed by atoms with Crippen molar-refractivity contribution in [2.45, 2.75) is 33.4 Å². The van der Waals surface area contributed by atoms with E-state index in [1.165, 1.54) is 0 Å². The largest absolute Gasteiger partial charge is 0.496 e. The number of aromatic nitrogens is 1. The van der Waals surface area contributed by atoms with Crippen LogP contribution < -0.4 is 9.47 Å². The molecule has 5 nitrogen and oxygen atoms in total. The zero-order valence-corrected chi connectivity index (χ0v) is 15.0. The summed E-state index contributed by atoms with van der Waals surface area (Å²) in [5, 5.41) is 0. The molecule has 1 aromatic heterocycles. The van der Waals surface area contributed by atoms with Crippen molar-refractivity contribution >= 4 is 12.0 Å². The van der Waals surface area contributed by atoms with Gasteiger partial charge >= 0.3 is 0 Å². The summed E-state index contributed by atoms with van der Waals surface area (Å²) in [6, 6.07) is 12.0. The summed E-state index contributed by atoms with van der Waals surface area (Å²) in [6.07, 6.45) is 1.82. The van der Waals surface area contributed by atoms with E-state index in [1.807, 2.05) is 61.6 Å². The minimum absolute atomic E-state index is 0.408. The van der Waals surface area contributed by atoms with Gasteiger partial charge in [-0.05, 0) is 32.9 Å². The number of hydrogen-bond acceptors (Lipinski definition) is 4. The molecule has 0 bridgehead atoms. The van der Waals surface area contributed by atoms with E-state index in [0.29, 0.717) is 18.5 Å². The predicted octanol–water partition coefficient (Wildman–Crippen LogP) is 3.98. The number of nitrogens with zero attached hydrogens (tertiary/aromatic N) is 3. The van der Waals surface area contributed by atoms with Gasteiger partial charge < -0.3 is 14.4 Å². The molecule has 0 aliphatic heterocycles. The average molecular weight is 327 g/mol. The van der Waals surface area contributed by atoms with Crippen LogP contribution in [-0.2, 0) is 6.61 Å². The Balaban J connectivity index is 2.04. The van der Waals surface area contributed by atoms with Gasteiger partial charge in [0.25, 0.3) is 0 Å². The average Bonchev–Trinajstić information content (AvgIpc) is 2.58. The van der Waals surface area contributed by atoms with E-state index in [0.717, 1.165) is 22.7 Å². The maximum Gasteiger partial charge on any atom is 0.213 e. The zero-order valence-electron chi connectivity index (χ0n) is 15.0. The lowest BCUT2D eigenvalue weighted by Crippen LogP contribution is -2.24. The Bertz CT molecular complexity index is 699. The van der Waals surface area contributed by atoms with Crippen molar-refractivity contribution in [3.63, 3.8) is 0 Å². The molecule has 0 unspecified atom stereocenters. The fourth-order valence-electron chi connectivity index (χ4n) is 2.01. The van der Waals surface area contributed by atoms with E-state index < -0.39 is 0 Å². The van der Waals surface area contributed by atoms with Crippen molar-refractivity contribution in [2.24, 2.45) is 4.99 Å². The summed E-state index contributed by atoms with van der Waals surface area (Å²) in [7, 11) is 3.66. The van der Waals surface area contributed by atoms with E-state index in [4.69, 9.17) is 9.47 Å². The smallest absolute Gasteiger partial charge is 0.213 e. The van der Waals surface area contributed by atoms with Gasteiger partial charge in [-0.15, -0.1) is 0 Å². The zero-order chi connectivity index (χ0) is 17.5. The SMILES string of the molecule is COc1ccccc1COc1ccc(/N=C/N(C)C(C)C)c(C)n1. The molecule has 2 aromatic rings. The second kappa shape index (κ2) is 8.34. The number of methoxy groups -OCH3 is 1. The predicted molar refractivity (Wildman–Crippen MR) is 97.4 cm³/mol. The second-order valence-electron chi connectivity index (χ2n) is 5.86. The highest BCUT2D eigenvalue weighted by molar-refractivity contribution is 5.62. The molecule has 0 radical (unpaired) electrons. The van der Waals surface area contributed by atoms with Gasteiger partial charge in [0.1, 0.15) is 12.4 Å². The number of aliphatic imine (C=N–C) groups is 1. The molecule has 0 amide bonds. The standard InChI is InChI=1S/C19H25N3O2/c1-14(2)22(4)13-20-17-10-11-19(21-15(17)3)24-12-16-8-6-7-9-18(16)23-5/h6-11,13-14H,12H2,1-5H3/b20-13+. The molecule has 0 fully saturated rings. The van der Waals surface area contributed by atoms with Crippen molar-refractivity contribution in [1.29, 1.82) is 0 Å². The number of para-hydroxylation sites is 1. The van der Waals surface area contributed by atoms with Crippen LogP contribution in [0.25, 0.3) is 0 Å². The van der Waals surface area contributed by atoms with Crippen LogP contribution in [-0.4, -0.2) is 36.4 Å². The van der Waals surface area contributed by atoms with Crippen molar-refractivity contribution in [1.82, 2.24) is 9.88 Å². The van der Waals surface area contributed by atoms with E-state index in [-0.39, 0.29) is 0 Å². The molecule has 1 aromatic carbocycles. The van der Waals surface area contributed by atoms with Gasteiger partial charge in [-0.1, -0.05) is 18.2 Å². The molecule has 24 heavy (non-hydrogen) atoms. The van der Waals surface area contributed by atoms with Crippen LogP contribution >= 0.6 is 0 Å². The maximum absolute atomic E-state index is 5.78. The minimum atomic E-state index is 0.408. The molecule has 0 N–H and O–H groups in total. The Kier molecular flexibility index (Phi) is 6.18. The van der Waals surface area contributed by atoms with Crippen LogP contribution in [0.4, 0.5) is 5.69 Å². The number of rotatable bonds is 7. The fraction of sp³-hybridized carbons (Fsp3) is 0.368. The fourth-order valence-corrected chi connectivity index (χ4v) is 2.01. The first-order valence-electron chi connectivity index (χ1n) is 7.99. The van der Waals surface area contributed by atoms with Gasteiger partial charge in [0, 0.05) is 24.7 Å². The molecule has 128 valence electrons. The van der Waals surface area contributed by atoms with Gasteiger partial charge in [-0.25, -0.2) is 9.98 Å². The Labute approximate surface area is 144 Å². The maximum atomic E-state index is 5.78. The Morgan fingerprint density at radius 1 is 1.21 bits per heavy atom. The molecule has 2 rings (SSSR count). The summed E-state index contributed by atoms with van der Waals surface area (Å²) in [4.78, 5) is 11.0. The molecule has 1 heterocycles. The lowest BCUT2D eigenvalue weighted by molar-refractivity contribution is 0.285. The Morgan fingerprint density at radius 2 is 1.96 bits per heavy atom. The van der Waals surface area contributed by atoms with E-state index in [1.54, 1.807) is 7.11 Å². The molecule has 0 saturated heterocycles. The number of ether oxygens (including phenoxy) is 2. The molecular weight excluding hydrogens is 302 g/mol. The summed E-state index contributed by atoms with van der Waals surface area (Å²) < 4.78 is 11.1. The topological polar surface area (TPSA) is 47.0 Å². The molecule has 0 saturated carbocycles. The normalized spacial score (nSPS) is 11.1. The second-order valence-corrected chi connectivity index (χ2v) is 5.86. The van der Waals surface area contributed by atoms with Crippen molar-refractivity contribution in [3.05, 3.63) is 47.7 Å². The number of benzene rings is 1. The highest BCUT2D eigenvalue weighted by Crippen LogP contribution is 2.22. The van der Waals surface area contributed by atoms with Gasteiger partial charge in [-0.3, -0.25) is 0 Å². The highest BCUT2D eigenvalue weighted by atomic mass is 16.5. The van der Waals surface area contributed by atoms with Crippen LogP contribution in [0.5, 0.6) is 11.6 Å². The summed E-state index contributed by atoms with van der Waals surface area (Å²) in [5.41, 5.74) is 2.66. The molecular formula is C19H25N3O2. The van der Waals surface area contributed by atoms with E-state index in [9.17, 15) is 0 Å². The van der Waals surface area contributed by atoms with Crippen molar-refractivity contribution in [2.75, 3.05) is 14.2 Å². The summed E-state index contributed by atoms with van der Waals surface area (Å²) >= 11 is 0. The van der Waals surface area contributed by atoms with Crippen molar-refractivity contribution < 1.29 is 9.47 Å². The highest BCUT2D eigenvalue weighted by Gasteiger charge is 2.06. The first kappa shape index (κ1) is 17.8. The minimum Gasteiger partial charge on any atom is -0.496 e. The summed E-state index contributed by atoms with van der Waals surface area (Å²) in [6.45, 7) is 6.57. The van der Waals surface area contributed by atoms with Crippen molar-refractivity contribution in [3.8, 4) is 11.6 Å². The van der Waals surface area contributed by atoms with Gasteiger partial charge in [0.15, 0.2) is 0 Å². The van der Waals surface area contributed by atoms with Gasteiger partial charge in [0.2, 0.25) is 5.88 Å². The first-order chi connectivity index (χ1) is 11.5. The Morgan fingerprint density at radius 3 is 2.62 bits per heavy atom. The van der Waals surface area contributed by atoms with E-state index >= 15 is 0 Å². The van der Waals surface area contributed by atoms with Crippen LogP contribution in [0.2, 0.25) is 0 Å². The monoisotopic (exact) mass is 327 g/mol. The molecule has 0 atom stereocenters. The third kappa shape index (κ3) is 4.72. The van der Waals surface area contributed by atoms with E-state index in [2.05, 4.69) is 23.8 Å². The number of aryl methyl sites for hydroxylation is 1. The molecule has 0 spiro atoms.